The maximum atomic E-state index is 12.4. The van der Waals surface area contributed by atoms with E-state index in [2.05, 4.69) is 10.3 Å². The number of nitrogens with one attached hydrogen (secondary N) is 2. The number of hydrogen-bond acceptors (Lipinski definition) is 6. The highest BCUT2D eigenvalue weighted by Gasteiger charge is 2.33. The molecule has 2 aromatic carbocycles. The molecule has 2 amide bonds. The Kier molecular flexibility index (Phi) is 6.60. The van der Waals surface area contributed by atoms with Crippen LogP contribution in [-0.2, 0) is 9.59 Å². The van der Waals surface area contributed by atoms with Crippen molar-refractivity contribution in [3.8, 4) is 11.5 Å². The van der Waals surface area contributed by atoms with Gasteiger partial charge in [-0.2, -0.15) is 4.99 Å². The Balaban J connectivity index is 1.30. The van der Waals surface area contributed by atoms with Crippen LogP contribution in [0.5, 0.6) is 11.5 Å². The Labute approximate surface area is 195 Å². The summed E-state index contributed by atoms with van der Waals surface area (Å²) in [5.74, 6) is 0.947. The third-order valence-electron chi connectivity index (χ3n) is 4.77. The van der Waals surface area contributed by atoms with E-state index in [1.807, 2.05) is 24.5 Å². The van der Waals surface area contributed by atoms with E-state index < -0.39 is 5.91 Å². The number of aliphatic imine (C=N–C) groups is 1. The van der Waals surface area contributed by atoms with Gasteiger partial charge in [0.2, 0.25) is 5.91 Å². The fourth-order valence-corrected chi connectivity index (χ4v) is 4.08. The highest BCUT2D eigenvalue weighted by molar-refractivity contribution is 8.16. The number of amides is 2. The minimum Gasteiger partial charge on any atom is -0.490 e. The third kappa shape index (κ3) is 5.32. The number of fused-ring (bicyclic) bond motifs is 1. The summed E-state index contributed by atoms with van der Waals surface area (Å²) in [7, 11) is 0. The monoisotopic (exact) mass is 462 g/mol. The molecule has 0 aromatic heterocycles. The van der Waals surface area contributed by atoms with E-state index in [-0.39, 0.29) is 17.3 Å². The van der Waals surface area contributed by atoms with Crippen LogP contribution in [0.25, 0.3) is 6.08 Å². The highest BCUT2D eigenvalue weighted by Crippen LogP contribution is 2.32. The van der Waals surface area contributed by atoms with Crippen molar-refractivity contribution in [2.75, 3.05) is 18.5 Å². The first-order chi connectivity index (χ1) is 15.9. The SMILES string of the molecule is CC(=O)Nc1ccc(OCCOc2ccc(/C=C3/C(=N)N4C(C)=CSC4=NC3=O)cc2)cc1. The maximum absolute atomic E-state index is 12.4. The first kappa shape index (κ1) is 22.3. The number of ether oxygens (including phenoxy) is 2. The summed E-state index contributed by atoms with van der Waals surface area (Å²) in [5, 5.41) is 13.5. The molecular weight excluding hydrogens is 440 g/mol. The second-order valence-corrected chi connectivity index (χ2v) is 8.13. The molecule has 0 saturated carbocycles. The number of allylic oxidation sites excluding steroid dienone is 1. The number of benzene rings is 2. The van der Waals surface area contributed by atoms with Gasteiger partial charge in [-0.15, -0.1) is 0 Å². The lowest BCUT2D eigenvalue weighted by molar-refractivity contribution is -0.115. The zero-order valence-electron chi connectivity index (χ0n) is 18.1. The smallest absolute Gasteiger partial charge is 0.283 e. The van der Waals surface area contributed by atoms with Crippen molar-refractivity contribution in [3.05, 3.63) is 70.8 Å². The Morgan fingerprint density at radius 2 is 1.70 bits per heavy atom. The topological polar surface area (TPSA) is 104 Å². The summed E-state index contributed by atoms with van der Waals surface area (Å²) in [6.07, 6.45) is 1.67. The van der Waals surface area contributed by atoms with Crippen molar-refractivity contribution in [2.24, 2.45) is 4.99 Å². The lowest BCUT2D eigenvalue weighted by Crippen LogP contribution is -2.37. The number of carbonyl (C=O) groups is 2. The molecular formula is C24H22N4O4S. The van der Waals surface area contributed by atoms with E-state index in [9.17, 15) is 9.59 Å². The van der Waals surface area contributed by atoms with Crippen molar-refractivity contribution in [3.63, 3.8) is 0 Å². The van der Waals surface area contributed by atoms with Crippen LogP contribution in [0.2, 0.25) is 0 Å². The number of amidine groups is 2. The third-order valence-corrected chi connectivity index (χ3v) is 5.72. The second-order valence-electron chi connectivity index (χ2n) is 7.29. The molecule has 4 rings (SSSR count). The molecule has 0 aliphatic carbocycles. The second kappa shape index (κ2) is 9.74. The van der Waals surface area contributed by atoms with Crippen LogP contribution in [0.4, 0.5) is 5.69 Å². The zero-order chi connectivity index (χ0) is 23.4. The quantitative estimate of drug-likeness (QED) is 0.470. The predicted octanol–water partition coefficient (Wildman–Crippen LogP) is 4.27. The summed E-state index contributed by atoms with van der Waals surface area (Å²) < 4.78 is 11.4. The van der Waals surface area contributed by atoms with Gasteiger partial charge < -0.3 is 14.8 Å². The van der Waals surface area contributed by atoms with Gasteiger partial charge in [0.15, 0.2) is 5.17 Å². The van der Waals surface area contributed by atoms with Gasteiger partial charge in [-0.25, -0.2) is 0 Å². The molecule has 33 heavy (non-hydrogen) atoms. The molecule has 168 valence electrons. The number of thioether (sulfide) groups is 1. The van der Waals surface area contributed by atoms with E-state index in [0.717, 1.165) is 11.3 Å². The average Bonchev–Trinajstić information content (AvgIpc) is 3.16. The fraction of sp³-hybridized carbons (Fsp3) is 0.167. The standard InChI is InChI=1S/C24H22N4O4S/c1-15-14-33-24-27-23(30)21(22(25)28(15)24)13-17-3-7-19(8-4-17)31-11-12-32-20-9-5-18(6-10-20)26-16(2)29/h3-10,13-14,25H,11-12H2,1-2H3,(H,26,29)/b21-13-,25-22?. The summed E-state index contributed by atoms with van der Waals surface area (Å²) in [6, 6.07) is 14.4. The summed E-state index contributed by atoms with van der Waals surface area (Å²) in [4.78, 5) is 29.2. The lowest BCUT2D eigenvalue weighted by atomic mass is 10.1. The molecule has 2 aliphatic heterocycles. The Bertz CT molecular complexity index is 1180. The maximum Gasteiger partial charge on any atom is 0.283 e. The molecule has 2 aliphatic rings. The minimum absolute atomic E-state index is 0.122. The Morgan fingerprint density at radius 1 is 1.09 bits per heavy atom. The summed E-state index contributed by atoms with van der Waals surface area (Å²) in [6.45, 7) is 4.06. The van der Waals surface area contributed by atoms with Crippen molar-refractivity contribution >= 4 is 46.3 Å². The van der Waals surface area contributed by atoms with Crippen molar-refractivity contribution in [2.45, 2.75) is 13.8 Å². The van der Waals surface area contributed by atoms with Crippen LogP contribution in [0.1, 0.15) is 19.4 Å². The molecule has 9 heteroatoms. The molecule has 0 atom stereocenters. The summed E-state index contributed by atoms with van der Waals surface area (Å²) in [5.41, 5.74) is 2.61. The van der Waals surface area contributed by atoms with Gasteiger partial charge in [-0.05, 0) is 60.4 Å². The van der Waals surface area contributed by atoms with Crippen LogP contribution in [-0.4, -0.2) is 40.9 Å². The highest BCUT2D eigenvalue weighted by atomic mass is 32.2. The fourth-order valence-electron chi connectivity index (χ4n) is 3.23. The number of nitrogens with zero attached hydrogens (tertiary/aromatic N) is 2. The van der Waals surface area contributed by atoms with E-state index in [1.165, 1.54) is 18.7 Å². The molecule has 2 aromatic rings. The van der Waals surface area contributed by atoms with Crippen molar-refractivity contribution in [1.29, 1.82) is 5.41 Å². The van der Waals surface area contributed by atoms with Gasteiger partial charge in [0.25, 0.3) is 5.91 Å². The van der Waals surface area contributed by atoms with Crippen molar-refractivity contribution < 1.29 is 19.1 Å². The number of anilines is 1. The van der Waals surface area contributed by atoms with Crippen LogP contribution in [0.3, 0.4) is 0 Å². The van der Waals surface area contributed by atoms with Crippen molar-refractivity contribution in [1.82, 2.24) is 4.90 Å². The molecule has 0 saturated heterocycles. The molecule has 0 spiro atoms. The van der Waals surface area contributed by atoms with E-state index in [4.69, 9.17) is 14.9 Å². The number of rotatable bonds is 7. The van der Waals surface area contributed by atoms with Gasteiger partial charge >= 0.3 is 0 Å². The van der Waals surface area contributed by atoms with Gasteiger partial charge in [-0.3, -0.25) is 19.9 Å². The van der Waals surface area contributed by atoms with E-state index in [1.54, 1.807) is 47.4 Å². The van der Waals surface area contributed by atoms with Gasteiger partial charge in [0, 0.05) is 18.3 Å². The van der Waals surface area contributed by atoms with Crippen LogP contribution in [0.15, 0.2) is 70.2 Å². The molecule has 0 unspecified atom stereocenters. The number of carbonyl (C=O) groups excluding carboxylic acids is 2. The predicted molar refractivity (Wildman–Crippen MR) is 130 cm³/mol. The van der Waals surface area contributed by atoms with E-state index >= 15 is 0 Å². The van der Waals surface area contributed by atoms with Crippen LogP contribution >= 0.6 is 11.8 Å². The van der Waals surface area contributed by atoms with Gasteiger partial charge in [0.1, 0.15) is 30.5 Å². The molecule has 2 heterocycles. The molecule has 0 bridgehead atoms. The van der Waals surface area contributed by atoms with Gasteiger partial charge in [-0.1, -0.05) is 23.9 Å². The first-order valence-electron chi connectivity index (χ1n) is 10.2. The van der Waals surface area contributed by atoms with E-state index in [0.29, 0.717) is 35.6 Å². The van der Waals surface area contributed by atoms with Crippen LogP contribution in [0, 0.1) is 5.41 Å². The minimum atomic E-state index is -0.413. The Morgan fingerprint density at radius 3 is 2.30 bits per heavy atom. The number of hydrogen-bond donors (Lipinski definition) is 2. The molecule has 2 N–H and O–H groups in total. The lowest BCUT2D eigenvalue weighted by Gasteiger charge is -2.25. The largest absolute Gasteiger partial charge is 0.490 e. The molecule has 0 fully saturated rings. The average molecular weight is 463 g/mol. The van der Waals surface area contributed by atoms with Crippen LogP contribution < -0.4 is 14.8 Å². The van der Waals surface area contributed by atoms with Gasteiger partial charge in [0.05, 0.1) is 5.57 Å². The molecule has 8 nitrogen and oxygen atoms in total. The summed E-state index contributed by atoms with van der Waals surface area (Å²) >= 11 is 1.35. The molecule has 0 radical (unpaired) electrons. The first-order valence-corrected chi connectivity index (χ1v) is 11.1. The normalized spacial score (nSPS) is 16.3. The Hall–Kier alpha value is -3.85. The zero-order valence-corrected chi connectivity index (χ0v) is 18.9.